The number of anilines is 1. The Bertz CT molecular complexity index is 1250. The Kier molecular flexibility index (Phi) is 5.65. The molecule has 0 unspecified atom stereocenters. The number of hydrogen-bond acceptors (Lipinski definition) is 3. The number of rotatable bonds is 5. The molecule has 0 atom stereocenters. The molecule has 32 heavy (non-hydrogen) atoms. The number of carbonyl (C=O) groups excluding carboxylic acids is 1. The Morgan fingerprint density at radius 2 is 1.59 bits per heavy atom. The van der Waals surface area contributed by atoms with E-state index in [2.05, 4.69) is 33.4 Å². The van der Waals surface area contributed by atoms with Crippen molar-refractivity contribution in [1.82, 2.24) is 9.88 Å². The maximum atomic E-state index is 13.1. The number of amides is 1. The fraction of sp³-hybridized carbons (Fsp3) is 0.185. The van der Waals surface area contributed by atoms with Gasteiger partial charge in [-0.2, -0.15) is 0 Å². The highest BCUT2D eigenvalue weighted by Crippen LogP contribution is 2.23. The van der Waals surface area contributed by atoms with Gasteiger partial charge in [-0.05, 0) is 84.2 Å². The molecule has 1 fully saturated rings. The van der Waals surface area contributed by atoms with Crippen molar-refractivity contribution in [2.75, 3.05) is 18.4 Å². The highest BCUT2D eigenvalue weighted by molar-refractivity contribution is 6.04. The Morgan fingerprint density at radius 3 is 2.34 bits per heavy atom. The van der Waals surface area contributed by atoms with Crippen molar-refractivity contribution in [2.45, 2.75) is 19.4 Å². The van der Waals surface area contributed by atoms with Gasteiger partial charge in [0.1, 0.15) is 11.5 Å². The van der Waals surface area contributed by atoms with Gasteiger partial charge in [0.05, 0.1) is 0 Å². The third kappa shape index (κ3) is 4.53. The minimum Gasteiger partial charge on any atom is -0.321 e. The summed E-state index contributed by atoms with van der Waals surface area (Å²) in [6.45, 7) is 3.36. The van der Waals surface area contributed by atoms with E-state index < -0.39 is 0 Å². The van der Waals surface area contributed by atoms with Crippen LogP contribution in [0.3, 0.4) is 0 Å². The number of nitrogens with one attached hydrogen (secondary N) is 1. The number of likely N-dealkylation sites (tertiary alicyclic amines) is 1. The molecular weight excluding hydrogens is 401 g/mol. The van der Waals surface area contributed by atoms with E-state index in [1.165, 1.54) is 49.0 Å². The first-order valence-corrected chi connectivity index (χ1v) is 10.9. The molecule has 1 saturated heterocycles. The fourth-order valence-corrected chi connectivity index (χ4v) is 4.21. The van der Waals surface area contributed by atoms with Gasteiger partial charge in [0, 0.05) is 24.0 Å². The summed E-state index contributed by atoms with van der Waals surface area (Å²) >= 11 is 0. The van der Waals surface area contributed by atoms with E-state index in [1.807, 2.05) is 24.3 Å². The summed E-state index contributed by atoms with van der Waals surface area (Å²) in [7, 11) is 0. The van der Waals surface area contributed by atoms with Gasteiger partial charge in [-0.15, -0.1) is 0 Å². The summed E-state index contributed by atoms with van der Waals surface area (Å²) in [4.78, 5) is 19.4. The molecule has 4 nitrogen and oxygen atoms in total. The molecule has 1 N–H and O–H groups in total. The third-order valence-corrected chi connectivity index (χ3v) is 5.94. The molecule has 160 valence electrons. The lowest BCUT2D eigenvalue weighted by atomic mass is 10.1. The zero-order chi connectivity index (χ0) is 21.9. The zero-order valence-corrected chi connectivity index (χ0v) is 17.7. The molecule has 1 aliphatic rings. The lowest BCUT2D eigenvalue weighted by molar-refractivity contribution is 0.102. The molecule has 2 heterocycles. The maximum absolute atomic E-state index is 13.1. The first-order valence-electron chi connectivity index (χ1n) is 10.9. The monoisotopic (exact) mass is 425 g/mol. The second-order valence-electron chi connectivity index (χ2n) is 8.27. The van der Waals surface area contributed by atoms with Crippen molar-refractivity contribution < 1.29 is 9.18 Å². The van der Waals surface area contributed by atoms with Crippen molar-refractivity contribution >= 4 is 22.4 Å². The number of nitrogens with zero attached hydrogens (tertiary/aromatic N) is 2. The Labute approximate surface area is 186 Å². The summed E-state index contributed by atoms with van der Waals surface area (Å²) in [6.07, 6.45) is 4.21. The Balaban J connectivity index is 1.28. The third-order valence-electron chi connectivity index (χ3n) is 5.94. The quantitative estimate of drug-likeness (QED) is 0.434. The minimum atomic E-state index is -0.282. The molecule has 3 aromatic carbocycles. The van der Waals surface area contributed by atoms with Crippen LogP contribution in [-0.4, -0.2) is 28.9 Å². The van der Waals surface area contributed by atoms with Crippen molar-refractivity contribution in [3.8, 4) is 11.1 Å². The van der Waals surface area contributed by atoms with Crippen LogP contribution in [0.15, 0.2) is 79.0 Å². The van der Waals surface area contributed by atoms with E-state index in [4.69, 9.17) is 0 Å². The number of benzene rings is 3. The highest BCUT2D eigenvalue weighted by atomic mass is 19.1. The fourth-order valence-electron chi connectivity index (χ4n) is 4.21. The van der Waals surface area contributed by atoms with Crippen molar-refractivity contribution in [3.05, 3.63) is 96.1 Å². The highest BCUT2D eigenvalue weighted by Gasteiger charge is 2.12. The van der Waals surface area contributed by atoms with Gasteiger partial charge in [0.2, 0.25) is 0 Å². The van der Waals surface area contributed by atoms with Gasteiger partial charge < -0.3 is 5.32 Å². The summed E-state index contributed by atoms with van der Waals surface area (Å²) in [6, 6.07) is 22.2. The van der Waals surface area contributed by atoms with E-state index in [-0.39, 0.29) is 11.7 Å². The van der Waals surface area contributed by atoms with E-state index in [0.29, 0.717) is 5.69 Å². The maximum Gasteiger partial charge on any atom is 0.274 e. The van der Waals surface area contributed by atoms with E-state index in [0.717, 1.165) is 28.7 Å². The van der Waals surface area contributed by atoms with Crippen LogP contribution in [0.4, 0.5) is 10.1 Å². The van der Waals surface area contributed by atoms with Crippen molar-refractivity contribution in [1.29, 1.82) is 0 Å². The summed E-state index contributed by atoms with van der Waals surface area (Å²) < 4.78 is 13.1. The largest absolute Gasteiger partial charge is 0.321 e. The van der Waals surface area contributed by atoms with Gasteiger partial charge in [-0.3, -0.25) is 14.7 Å². The van der Waals surface area contributed by atoms with Crippen LogP contribution in [0.1, 0.15) is 28.9 Å². The van der Waals surface area contributed by atoms with Crippen LogP contribution in [0.5, 0.6) is 0 Å². The molecule has 0 spiro atoms. The van der Waals surface area contributed by atoms with E-state index >= 15 is 0 Å². The number of halogens is 1. The molecule has 0 bridgehead atoms. The molecular formula is C27H24FN3O. The Morgan fingerprint density at radius 1 is 0.875 bits per heavy atom. The summed E-state index contributed by atoms with van der Waals surface area (Å²) in [5, 5.41) is 5.19. The SMILES string of the molecule is O=C(Nc1ccc2cc(CN3CCCC3)ccc2c1)c1ccc(-c2ccc(F)cc2)cn1. The van der Waals surface area contributed by atoms with Crippen LogP contribution >= 0.6 is 0 Å². The van der Waals surface area contributed by atoms with Crippen LogP contribution in [0.25, 0.3) is 21.9 Å². The van der Waals surface area contributed by atoms with Crippen LogP contribution in [0.2, 0.25) is 0 Å². The topological polar surface area (TPSA) is 45.2 Å². The molecule has 1 amide bonds. The molecule has 0 saturated carbocycles. The lowest BCUT2D eigenvalue weighted by Gasteiger charge is -2.15. The van der Waals surface area contributed by atoms with Crippen LogP contribution < -0.4 is 5.32 Å². The van der Waals surface area contributed by atoms with Crippen molar-refractivity contribution in [2.24, 2.45) is 0 Å². The second kappa shape index (κ2) is 8.89. The number of carbonyl (C=O) groups is 1. The normalized spacial score (nSPS) is 14.0. The predicted octanol–water partition coefficient (Wildman–Crippen LogP) is 5.89. The van der Waals surface area contributed by atoms with Gasteiger partial charge >= 0.3 is 0 Å². The van der Waals surface area contributed by atoms with Crippen molar-refractivity contribution in [3.63, 3.8) is 0 Å². The first-order chi connectivity index (χ1) is 15.6. The standard InChI is InChI=1S/C27H24FN3O/c28-24-9-5-20(6-10-24)23-8-12-26(29-17-23)27(32)30-25-11-7-21-15-19(3-4-22(21)16-25)18-31-13-1-2-14-31/h3-12,15-17H,1-2,13-14,18H2,(H,30,32). The number of pyridine rings is 1. The minimum absolute atomic E-state index is 0.263. The average molecular weight is 426 g/mol. The van der Waals surface area contributed by atoms with Gasteiger partial charge in [0.25, 0.3) is 5.91 Å². The first kappa shape index (κ1) is 20.3. The lowest BCUT2D eigenvalue weighted by Crippen LogP contribution is -2.18. The van der Waals surface area contributed by atoms with Crippen LogP contribution in [0, 0.1) is 5.82 Å². The van der Waals surface area contributed by atoms with Gasteiger partial charge in [-0.25, -0.2) is 4.39 Å². The average Bonchev–Trinajstić information content (AvgIpc) is 3.33. The smallest absolute Gasteiger partial charge is 0.274 e. The summed E-state index contributed by atoms with van der Waals surface area (Å²) in [5.74, 6) is -0.545. The van der Waals surface area contributed by atoms with E-state index in [1.54, 1.807) is 24.4 Å². The number of aromatic nitrogens is 1. The summed E-state index contributed by atoms with van der Waals surface area (Å²) in [5.41, 5.74) is 4.07. The molecule has 5 heteroatoms. The second-order valence-corrected chi connectivity index (χ2v) is 8.27. The van der Waals surface area contributed by atoms with Gasteiger partial charge in [0.15, 0.2) is 0 Å². The number of fused-ring (bicyclic) bond motifs is 1. The molecule has 5 rings (SSSR count). The predicted molar refractivity (Wildman–Crippen MR) is 126 cm³/mol. The molecule has 1 aromatic heterocycles. The molecule has 0 radical (unpaired) electrons. The zero-order valence-electron chi connectivity index (χ0n) is 17.7. The van der Waals surface area contributed by atoms with Crippen LogP contribution in [-0.2, 0) is 6.54 Å². The number of hydrogen-bond donors (Lipinski definition) is 1. The molecule has 0 aliphatic carbocycles. The molecule has 1 aliphatic heterocycles. The van der Waals surface area contributed by atoms with Gasteiger partial charge in [-0.1, -0.05) is 36.4 Å². The molecule has 4 aromatic rings. The van der Waals surface area contributed by atoms with E-state index in [9.17, 15) is 9.18 Å². The Hall–Kier alpha value is -3.57.